The molecular weight excluding hydrogens is 232 g/mol. The summed E-state index contributed by atoms with van der Waals surface area (Å²) in [5, 5.41) is 10.9. The standard InChI is InChI=1S/C12H18N4S/c1-3-11(12-14-6-7-17-12)13-5-4-10-8-15-16(2)9-10/h6-9,11,13H,3-5H2,1-2H3. The van der Waals surface area contributed by atoms with Gasteiger partial charge in [0.25, 0.3) is 0 Å². The molecule has 0 amide bonds. The summed E-state index contributed by atoms with van der Waals surface area (Å²) >= 11 is 1.72. The predicted octanol–water partition coefficient (Wildman–Crippen LogP) is 2.16. The number of nitrogens with zero attached hydrogens (tertiary/aromatic N) is 3. The van der Waals surface area contributed by atoms with Crippen LogP contribution < -0.4 is 5.32 Å². The molecule has 1 unspecified atom stereocenters. The molecular formula is C12H18N4S. The van der Waals surface area contributed by atoms with Gasteiger partial charge in [-0.05, 0) is 24.9 Å². The molecule has 1 N–H and O–H groups in total. The van der Waals surface area contributed by atoms with Crippen LogP contribution in [0.25, 0.3) is 0 Å². The summed E-state index contributed by atoms with van der Waals surface area (Å²) in [6.07, 6.45) is 7.93. The van der Waals surface area contributed by atoms with E-state index < -0.39 is 0 Å². The molecule has 0 fully saturated rings. The van der Waals surface area contributed by atoms with Gasteiger partial charge in [0.05, 0.1) is 12.2 Å². The quantitative estimate of drug-likeness (QED) is 0.854. The summed E-state index contributed by atoms with van der Waals surface area (Å²) in [5.74, 6) is 0. The molecule has 0 aromatic carbocycles. The van der Waals surface area contributed by atoms with E-state index in [4.69, 9.17) is 0 Å². The second kappa shape index (κ2) is 5.93. The molecule has 2 rings (SSSR count). The molecule has 2 aromatic heterocycles. The summed E-state index contributed by atoms with van der Waals surface area (Å²) in [7, 11) is 1.95. The molecule has 0 bridgehead atoms. The third kappa shape index (κ3) is 3.38. The maximum atomic E-state index is 4.36. The van der Waals surface area contributed by atoms with Gasteiger partial charge < -0.3 is 5.32 Å². The van der Waals surface area contributed by atoms with Gasteiger partial charge in [0.1, 0.15) is 5.01 Å². The summed E-state index contributed by atoms with van der Waals surface area (Å²) in [6.45, 7) is 3.15. The molecule has 5 heteroatoms. The van der Waals surface area contributed by atoms with Crippen LogP contribution in [0.4, 0.5) is 0 Å². The highest BCUT2D eigenvalue weighted by atomic mass is 32.1. The van der Waals surface area contributed by atoms with Crippen molar-refractivity contribution in [3.05, 3.63) is 34.5 Å². The first kappa shape index (κ1) is 12.3. The van der Waals surface area contributed by atoms with Crippen LogP contribution in [0, 0.1) is 0 Å². The highest BCUT2D eigenvalue weighted by Gasteiger charge is 2.10. The zero-order chi connectivity index (χ0) is 12.1. The summed E-state index contributed by atoms with van der Waals surface area (Å²) in [4.78, 5) is 4.36. The zero-order valence-electron chi connectivity index (χ0n) is 10.3. The average Bonchev–Trinajstić information content (AvgIpc) is 2.96. The van der Waals surface area contributed by atoms with Crippen LogP contribution in [0.1, 0.15) is 30.0 Å². The Labute approximate surface area is 106 Å². The Morgan fingerprint density at radius 1 is 1.53 bits per heavy atom. The van der Waals surface area contributed by atoms with Gasteiger partial charge in [-0.15, -0.1) is 11.3 Å². The Morgan fingerprint density at radius 3 is 3.00 bits per heavy atom. The van der Waals surface area contributed by atoms with E-state index in [9.17, 15) is 0 Å². The minimum atomic E-state index is 0.381. The molecule has 0 saturated carbocycles. The van der Waals surface area contributed by atoms with E-state index in [-0.39, 0.29) is 0 Å². The number of aryl methyl sites for hydroxylation is 1. The summed E-state index contributed by atoms with van der Waals surface area (Å²) in [5.41, 5.74) is 1.27. The van der Waals surface area contributed by atoms with Gasteiger partial charge in [-0.1, -0.05) is 6.92 Å². The maximum Gasteiger partial charge on any atom is 0.109 e. The lowest BCUT2D eigenvalue weighted by molar-refractivity contribution is 0.520. The first-order valence-corrected chi connectivity index (χ1v) is 6.78. The monoisotopic (exact) mass is 250 g/mol. The topological polar surface area (TPSA) is 42.7 Å². The van der Waals surface area contributed by atoms with Crippen molar-refractivity contribution in [3.63, 3.8) is 0 Å². The fraction of sp³-hybridized carbons (Fsp3) is 0.500. The normalized spacial score (nSPS) is 12.8. The van der Waals surface area contributed by atoms with E-state index in [2.05, 4.69) is 28.5 Å². The van der Waals surface area contributed by atoms with E-state index in [1.54, 1.807) is 11.3 Å². The lowest BCUT2D eigenvalue weighted by Crippen LogP contribution is -2.23. The van der Waals surface area contributed by atoms with Crippen LogP contribution in [0.15, 0.2) is 24.0 Å². The molecule has 0 aliphatic heterocycles. The molecule has 4 nitrogen and oxygen atoms in total. The minimum Gasteiger partial charge on any atom is -0.308 e. The second-order valence-corrected chi connectivity index (χ2v) is 4.98. The molecule has 2 aromatic rings. The van der Waals surface area contributed by atoms with Gasteiger partial charge in [-0.25, -0.2) is 4.98 Å². The zero-order valence-corrected chi connectivity index (χ0v) is 11.1. The van der Waals surface area contributed by atoms with E-state index in [1.165, 1.54) is 10.6 Å². The van der Waals surface area contributed by atoms with Gasteiger partial charge in [0, 0.05) is 24.8 Å². The fourth-order valence-corrected chi connectivity index (χ4v) is 2.60. The Morgan fingerprint density at radius 2 is 2.41 bits per heavy atom. The number of aromatic nitrogens is 3. The van der Waals surface area contributed by atoms with E-state index in [1.807, 2.05) is 29.5 Å². The van der Waals surface area contributed by atoms with Gasteiger partial charge in [0.2, 0.25) is 0 Å². The highest BCUT2D eigenvalue weighted by molar-refractivity contribution is 7.09. The van der Waals surface area contributed by atoms with Crippen LogP contribution >= 0.6 is 11.3 Å². The lowest BCUT2D eigenvalue weighted by Gasteiger charge is -2.13. The van der Waals surface area contributed by atoms with Crippen molar-refractivity contribution in [2.24, 2.45) is 7.05 Å². The van der Waals surface area contributed by atoms with Crippen LogP contribution in [0.3, 0.4) is 0 Å². The molecule has 0 aliphatic rings. The van der Waals surface area contributed by atoms with Crippen LogP contribution in [0.2, 0.25) is 0 Å². The van der Waals surface area contributed by atoms with Crippen molar-refractivity contribution < 1.29 is 0 Å². The SMILES string of the molecule is CCC(NCCc1cnn(C)c1)c1nccs1. The van der Waals surface area contributed by atoms with Crippen molar-refractivity contribution in [2.45, 2.75) is 25.8 Å². The molecule has 0 radical (unpaired) electrons. The molecule has 0 aliphatic carbocycles. The highest BCUT2D eigenvalue weighted by Crippen LogP contribution is 2.18. The smallest absolute Gasteiger partial charge is 0.109 e. The number of thiazole rings is 1. The van der Waals surface area contributed by atoms with E-state index in [0.29, 0.717) is 6.04 Å². The summed E-state index contributed by atoms with van der Waals surface area (Å²) in [6, 6.07) is 0.381. The first-order chi connectivity index (χ1) is 8.29. The molecule has 0 spiro atoms. The number of rotatable bonds is 6. The fourth-order valence-electron chi connectivity index (χ4n) is 1.80. The largest absolute Gasteiger partial charge is 0.308 e. The van der Waals surface area contributed by atoms with Crippen LogP contribution in [0.5, 0.6) is 0 Å². The van der Waals surface area contributed by atoms with Crippen LogP contribution in [-0.2, 0) is 13.5 Å². The van der Waals surface area contributed by atoms with Crippen molar-refractivity contribution in [1.82, 2.24) is 20.1 Å². The predicted molar refractivity (Wildman–Crippen MR) is 70.1 cm³/mol. The molecule has 92 valence electrons. The van der Waals surface area contributed by atoms with Crippen LogP contribution in [-0.4, -0.2) is 21.3 Å². The van der Waals surface area contributed by atoms with Gasteiger partial charge in [-0.3, -0.25) is 4.68 Å². The van der Waals surface area contributed by atoms with Gasteiger partial charge in [-0.2, -0.15) is 5.10 Å². The number of hydrogen-bond acceptors (Lipinski definition) is 4. The number of hydrogen-bond donors (Lipinski definition) is 1. The molecule has 2 heterocycles. The molecule has 1 atom stereocenters. The molecule has 0 saturated heterocycles. The van der Waals surface area contributed by atoms with Crippen molar-refractivity contribution in [2.75, 3.05) is 6.54 Å². The van der Waals surface area contributed by atoms with Crippen molar-refractivity contribution in [3.8, 4) is 0 Å². The Kier molecular flexibility index (Phi) is 4.28. The third-order valence-corrected chi connectivity index (χ3v) is 3.61. The number of nitrogens with one attached hydrogen (secondary N) is 1. The first-order valence-electron chi connectivity index (χ1n) is 5.90. The average molecular weight is 250 g/mol. The van der Waals surface area contributed by atoms with Crippen molar-refractivity contribution >= 4 is 11.3 Å². The Hall–Kier alpha value is -1.20. The Balaban J connectivity index is 1.81. The van der Waals surface area contributed by atoms with E-state index in [0.717, 1.165) is 19.4 Å². The van der Waals surface area contributed by atoms with Gasteiger partial charge >= 0.3 is 0 Å². The van der Waals surface area contributed by atoms with Gasteiger partial charge in [0.15, 0.2) is 0 Å². The second-order valence-electron chi connectivity index (χ2n) is 4.06. The van der Waals surface area contributed by atoms with E-state index >= 15 is 0 Å². The third-order valence-electron chi connectivity index (χ3n) is 2.72. The summed E-state index contributed by atoms with van der Waals surface area (Å²) < 4.78 is 1.84. The minimum absolute atomic E-state index is 0.381. The Bertz CT molecular complexity index is 435. The maximum absolute atomic E-state index is 4.36. The van der Waals surface area contributed by atoms with Crippen molar-refractivity contribution in [1.29, 1.82) is 0 Å². The lowest BCUT2D eigenvalue weighted by atomic mass is 10.2. The molecule has 17 heavy (non-hydrogen) atoms.